The molecule has 0 fully saturated rings. The Morgan fingerprint density at radius 3 is 1.08 bits per heavy atom. The van der Waals surface area contributed by atoms with E-state index < -0.39 is 48.6 Å². The molecule has 0 aromatic heterocycles. The van der Waals surface area contributed by atoms with Crippen LogP contribution in [-0.4, -0.2) is 41.2 Å². The zero-order chi connectivity index (χ0) is 21.4. The molecule has 0 aromatic carbocycles. The van der Waals surface area contributed by atoms with E-state index in [2.05, 4.69) is 0 Å². The molecule has 0 aliphatic heterocycles. The van der Waals surface area contributed by atoms with Crippen LogP contribution in [-0.2, 0) is 10.1 Å². The summed E-state index contributed by atoms with van der Waals surface area (Å²) in [4.78, 5) is 0. The Kier molecular flexibility index (Phi) is 4.40. The van der Waals surface area contributed by atoms with Crippen molar-refractivity contribution in [1.29, 1.82) is 0 Å². The van der Waals surface area contributed by atoms with Gasteiger partial charge in [0.05, 0.1) is 0 Å². The van der Waals surface area contributed by atoms with Crippen LogP contribution in [0.4, 0.5) is 63.3 Å². The molecule has 0 aliphatic rings. The highest BCUT2D eigenvalue weighted by atomic mass is 32.5. The molecular formula is C5HF15O3S2. The fourth-order valence-corrected chi connectivity index (χ4v) is 2.03. The lowest BCUT2D eigenvalue weighted by atomic mass is 10.0. The third-order valence-electron chi connectivity index (χ3n) is 2.33. The molecule has 0 aliphatic carbocycles. The highest BCUT2D eigenvalue weighted by Crippen LogP contribution is 3.06. The van der Waals surface area contributed by atoms with Gasteiger partial charge in [-0.25, -0.2) is 0 Å². The number of halogens is 15. The maximum absolute atomic E-state index is 13.1. The van der Waals surface area contributed by atoms with Crippen molar-refractivity contribution in [3.63, 3.8) is 0 Å². The number of alkyl halides is 10. The van der Waals surface area contributed by atoms with Crippen molar-refractivity contribution in [1.82, 2.24) is 0 Å². The van der Waals surface area contributed by atoms with Crippen LogP contribution in [0.3, 0.4) is 0 Å². The summed E-state index contributed by atoms with van der Waals surface area (Å²) in [6.07, 6.45) is 0. The largest absolute Gasteiger partial charge is 0.450 e. The minimum atomic E-state index is -13.1. The van der Waals surface area contributed by atoms with Crippen LogP contribution in [0.5, 0.6) is 0 Å². The summed E-state index contributed by atoms with van der Waals surface area (Å²) in [6.45, 7) is 0. The fourth-order valence-electron chi connectivity index (χ4n) is 0.967. The van der Waals surface area contributed by atoms with Gasteiger partial charge in [0.25, 0.3) is 0 Å². The molecule has 156 valence electrons. The molecule has 0 bridgehead atoms. The molecular weight excluding hydrogens is 457 g/mol. The van der Waals surface area contributed by atoms with Crippen molar-refractivity contribution < 1.29 is 76.3 Å². The van der Waals surface area contributed by atoms with Crippen LogP contribution in [0.1, 0.15) is 0 Å². The second-order valence-corrected chi connectivity index (χ2v) is 8.11. The van der Waals surface area contributed by atoms with Gasteiger partial charge in [0.15, 0.2) is 0 Å². The Labute approximate surface area is 126 Å². The summed E-state index contributed by atoms with van der Waals surface area (Å²) >= 11 is 0. The lowest BCUT2D eigenvalue weighted by Gasteiger charge is -2.50. The summed E-state index contributed by atoms with van der Waals surface area (Å²) in [5.41, 5.74) is 0. The molecule has 0 spiro atoms. The first-order valence-electron chi connectivity index (χ1n) is 4.59. The van der Waals surface area contributed by atoms with Gasteiger partial charge in [0.2, 0.25) is 0 Å². The van der Waals surface area contributed by atoms with Crippen molar-refractivity contribution in [2.75, 3.05) is 0 Å². The zero-order valence-electron chi connectivity index (χ0n) is 10.2. The van der Waals surface area contributed by atoms with Gasteiger partial charge in [0, 0.05) is 0 Å². The third-order valence-corrected chi connectivity index (χ3v) is 4.46. The minimum absolute atomic E-state index is 7.59. The maximum Gasteiger partial charge on any atom is 0.450 e. The predicted molar refractivity (Wildman–Crippen MR) is 49.4 cm³/mol. The molecule has 0 heterocycles. The smallest absolute Gasteiger partial charge is 0.281 e. The van der Waals surface area contributed by atoms with Crippen LogP contribution >= 0.6 is 10.2 Å². The van der Waals surface area contributed by atoms with Gasteiger partial charge >= 0.3 is 48.6 Å². The average molecular weight is 458 g/mol. The Hall–Kier alpha value is -0.790. The maximum atomic E-state index is 12.7. The number of hydrogen-bond acceptors (Lipinski definition) is 2. The van der Waals surface area contributed by atoms with Gasteiger partial charge in [-0.05, 0) is 0 Å². The first kappa shape index (κ1) is 24.2. The Morgan fingerprint density at radius 1 is 0.600 bits per heavy atom. The van der Waals surface area contributed by atoms with E-state index in [0.29, 0.717) is 0 Å². The molecule has 0 aromatic rings. The number of rotatable bonds is 6. The highest BCUT2D eigenvalue weighted by Gasteiger charge is 3.00. The lowest BCUT2D eigenvalue weighted by Crippen LogP contribution is -2.70. The molecule has 0 amide bonds. The third kappa shape index (κ3) is 2.98. The quantitative estimate of drug-likeness (QED) is 0.437. The van der Waals surface area contributed by atoms with Gasteiger partial charge in [-0.3, -0.25) is 4.55 Å². The second kappa shape index (κ2) is 4.54. The van der Waals surface area contributed by atoms with Crippen molar-refractivity contribution in [2.24, 2.45) is 0 Å². The molecule has 0 saturated carbocycles. The SMILES string of the molecule is O=S(=O)(O)C(F)(F)C(F)(F)C(F)(F)C(F)(F)C(F)(F)S(F)(F)(F)(F)F. The van der Waals surface area contributed by atoms with Crippen molar-refractivity contribution in [3.8, 4) is 0 Å². The van der Waals surface area contributed by atoms with Gasteiger partial charge < -0.3 is 0 Å². The molecule has 1 N–H and O–H groups in total. The Balaban J connectivity index is 6.83. The lowest BCUT2D eigenvalue weighted by molar-refractivity contribution is -0.379. The zero-order valence-corrected chi connectivity index (χ0v) is 11.9. The van der Waals surface area contributed by atoms with Crippen LogP contribution < -0.4 is 0 Å². The van der Waals surface area contributed by atoms with Crippen LogP contribution in [0.2, 0.25) is 0 Å². The molecule has 0 radical (unpaired) electrons. The molecule has 0 unspecified atom stereocenters. The molecule has 0 rings (SSSR count). The van der Waals surface area contributed by atoms with Crippen molar-refractivity contribution >= 4 is 20.3 Å². The van der Waals surface area contributed by atoms with E-state index in [9.17, 15) is 71.8 Å². The Bertz CT molecular complexity index is 657. The van der Waals surface area contributed by atoms with Gasteiger partial charge in [-0.2, -0.15) is 52.3 Å². The predicted octanol–water partition coefficient (Wildman–Crippen LogP) is 5.26. The summed E-state index contributed by atoms with van der Waals surface area (Å²) in [5, 5.41) is -17.1. The average Bonchev–Trinajstić information content (AvgIpc) is 2.22. The van der Waals surface area contributed by atoms with Gasteiger partial charge in [-0.1, -0.05) is 19.4 Å². The van der Waals surface area contributed by atoms with Crippen molar-refractivity contribution in [3.05, 3.63) is 0 Å². The first-order valence-corrected chi connectivity index (χ1v) is 7.98. The molecule has 25 heavy (non-hydrogen) atoms. The summed E-state index contributed by atoms with van der Waals surface area (Å²) in [5.74, 6) is -26.1. The van der Waals surface area contributed by atoms with E-state index in [-0.39, 0.29) is 0 Å². The number of hydrogen-bond donors (Lipinski definition) is 1. The molecule has 0 saturated heterocycles. The second-order valence-electron chi connectivity index (χ2n) is 4.20. The highest BCUT2D eigenvalue weighted by molar-refractivity contribution is 8.46. The summed E-state index contributed by atoms with van der Waals surface area (Å²) in [7, 11) is -20.9. The topological polar surface area (TPSA) is 54.4 Å². The van der Waals surface area contributed by atoms with Gasteiger partial charge in [0.1, 0.15) is 0 Å². The first-order chi connectivity index (χ1) is 10.00. The van der Waals surface area contributed by atoms with E-state index in [1.54, 1.807) is 0 Å². The van der Waals surface area contributed by atoms with E-state index in [4.69, 9.17) is 4.55 Å². The molecule has 20 heteroatoms. The summed E-state index contributed by atoms with van der Waals surface area (Å²) < 4.78 is 212. The normalized spacial score (nSPS) is 19.4. The fraction of sp³-hybridized carbons (Fsp3) is 1.00. The van der Waals surface area contributed by atoms with Crippen LogP contribution in [0.25, 0.3) is 0 Å². The van der Waals surface area contributed by atoms with Crippen molar-refractivity contribution in [2.45, 2.75) is 28.3 Å². The Morgan fingerprint density at radius 2 is 0.880 bits per heavy atom. The van der Waals surface area contributed by atoms with E-state index in [1.807, 2.05) is 0 Å². The van der Waals surface area contributed by atoms with Crippen LogP contribution in [0, 0.1) is 0 Å². The minimum Gasteiger partial charge on any atom is -0.281 e. The van der Waals surface area contributed by atoms with Gasteiger partial charge in [-0.15, -0.1) is 0 Å². The van der Waals surface area contributed by atoms with Crippen LogP contribution in [0.15, 0.2) is 0 Å². The monoisotopic (exact) mass is 458 g/mol. The molecule has 3 nitrogen and oxygen atoms in total. The van der Waals surface area contributed by atoms with E-state index in [1.165, 1.54) is 0 Å². The van der Waals surface area contributed by atoms with E-state index >= 15 is 0 Å². The standard InChI is InChI=1S/C5HF15O3S2/c6-1(7,2(8,9)4(12,13)24(21,22)23)3(10,11)5(14,15)25(16,17,18,19)20/h(H,21,22,23). The van der Waals surface area contributed by atoms with E-state index in [0.717, 1.165) is 0 Å². The molecule has 0 atom stereocenters. The summed E-state index contributed by atoms with van der Waals surface area (Å²) in [6, 6.07) is 0.